The van der Waals surface area contributed by atoms with Gasteiger partial charge in [0.1, 0.15) is 5.54 Å². The standard InChI is InChI=1S/C14H27NO3/c1-4-6-10-18-11-14(12-7-8-12,13(16)17-3)15-9-5-2/h12,15H,4-11H2,1-3H3. The molecule has 0 aromatic rings. The minimum Gasteiger partial charge on any atom is -0.468 e. The SMILES string of the molecule is CCCCOCC(NCCC)(C(=O)OC)C1CC1. The Morgan fingerprint density at radius 3 is 2.56 bits per heavy atom. The molecule has 0 aromatic carbocycles. The number of ether oxygens (including phenoxy) is 2. The van der Waals surface area contributed by atoms with Crippen molar-refractivity contribution in [3.05, 3.63) is 0 Å². The molecule has 1 rings (SSSR count). The van der Waals surface area contributed by atoms with E-state index in [0.717, 1.165) is 45.3 Å². The van der Waals surface area contributed by atoms with Crippen LogP contribution in [0.2, 0.25) is 0 Å². The molecule has 4 heteroatoms. The first-order chi connectivity index (χ1) is 8.71. The van der Waals surface area contributed by atoms with Crippen molar-refractivity contribution in [2.75, 3.05) is 26.9 Å². The van der Waals surface area contributed by atoms with Gasteiger partial charge in [0.05, 0.1) is 13.7 Å². The molecule has 1 unspecified atom stereocenters. The van der Waals surface area contributed by atoms with E-state index in [1.165, 1.54) is 7.11 Å². The zero-order valence-corrected chi connectivity index (χ0v) is 12.0. The van der Waals surface area contributed by atoms with Crippen molar-refractivity contribution in [3.63, 3.8) is 0 Å². The van der Waals surface area contributed by atoms with Crippen molar-refractivity contribution in [2.45, 2.75) is 51.5 Å². The molecule has 1 fully saturated rings. The molecule has 1 saturated carbocycles. The van der Waals surface area contributed by atoms with Crippen LogP contribution in [0, 0.1) is 5.92 Å². The van der Waals surface area contributed by atoms with E-state index in [1.807, 2.05) is 0 Å². The van der Waals surface area contributed by atoms with E-state index in [9.17, 15) is 4.79 Å². The highest BCUT2D eigenvalue weighted by Crippen LogP contribution is 2.40. The predicted molar refractivity (Wildman–Crippen MR) is 71.5 cm³/mol. The number of methoxy groups -OCH3 is 1. The summed E-state index contributed by atoms with van der Waals surface area (Å²) >= 11 is 0. The second-order valence-corrected chi connectivity index (χ2v) is 5.07. The molecule has 106 valence electrons. The van der Waals surface area contributed by atoms with Gasteiger partial charge in [0, 0.05) is 6.61 Å². The zero-order chi connectivity index (χ0) is 13.4. The Morgan fingerprint density at radius 1 is 1.33 bits per heavy atom. The number of nitrogens with one attached hydrogen (secondary N) is 1. The topological polar surface area (TPSA) is 47.6 Å². The van der Waals surface area contributed by atoms with Crippen LogP contribution in [0.3, 0.4) is 0 Å². The van der Waals surface area contributed by atoms with Gasteiger partial charge in [0.2, 0.25) is 0 Å². The first-order valence-electron chi connectivity index (χ1n) is 7.12. The average Bonchev–Trinajstić information content (AvgIpc) is 3.22. The lowest BCUT2D eigenvalue weighted by Gasteiger charge is -2.32. The molecule has 1 aliphatic rings. The van der Waals surface area contributed by atoms with Crippen LogP contribution in [0.15, 0.2) is 0 Å². The molecule has 0 spiro atoms. The number of rotatable bonds is 10. The maximum Gasteiger partial charge on any atom is 0.328 e. The van der Waals surface area contributed by atoms with Gasteiger partial charge in [-0.1, -0.05) is 20.3 Å². The highest BCUT2D eigenvalue weighted by Gasteiger charge is 2.51. The lowest BCUT2D eigenvalue weighted by molar-refractivity contribution is -0.153. The molecule has 0 heterocycles. The van der Waals surface area contributed by atoms with E-state index in [0.29, 0.717) is 12.5 Å². The van der Waals surface area contributed by atoms with E-state index in [4.69, 9.17) is 9.47 Å². The minimum absolute atomic E-state index is 0.171. The highest BCUT2D eigenvalue weighted by molar-refractivity contribution is 5.82. The third-order valence-corrected chi connectivity index (χ3v) is 3.49. The molecule has 0 aromatic heterocycles. The van der Waals surface area contributed by atoms with Gasteiger partial charge in [-0.2, -0.15) is 0 Å². The fourth-order valence-electron chi connectivity index (χ4n) is 2.20. The summed E-state index contributed by atoms with van der Waals surface area (Å²) in [4.78, 5) is 12.1. The summed E-state index contributed by atoms with van der Waals surface area (Å²) < 4.78 is 10.7. The van der Waals surface area contributed by atoms with E-state index < -0.39 is 5.54 Å². The molecule has 1 aliphatic carbocycles. The Hall–Kier alpha value is -0.610. The van der Waals surface area contributed by atoms with Crippen LogP contribution in [-0.2, 0) is 14.3 Å². The van der Waals surface area contributed by atoms with Crippen molar-refractivity contribution < 1.29 is 14.3 Å². The third-order valence-electron chi connectivity index (χ3n) is 3.49. The molecule has 0 saturated heterocycles. The van der Waals surface area contributed by atoms with E-state index in [2.05, 4.69) is 19.2 Å². The zero-order valence-electron chi connectivity index (χ0n) is 12.0. The maximum absolute atomic E-state index is 12.1. The van der Waals surface area contributed by atoms with Gasteiger partial charge in [-0.15, -0.1) is 0 Å². The number of unbranched alkanes of at least 4 members (excludes halogenated alkanes) is 1. The molecule has 0 bridgehead atoms. The van der Waals surface area contributed by atoms with E-state index >= 15 is 0 Å². The van der Waals surface area contributed by atoms with Gasteiger partial charge in [-0.3, -0.25) is 5.32 Å². The molecule has 4 nitrogen and oxygen atoms in total. The van der Waals surface area contributed by atoms with Gasteiger partial charge in [0.15, 0.2) is 0 Å². The summed E-state index contributed by atoms with van der Waals surface area (Å²) in [6.07, 6.45) is 5.32. The van der Waals surface area contributed by atoms with E-state index in [1.54, 1.807) is 0 Å². The lowest BCUT2D eigenvalue weighted by Crippen LogP contribution is -2.58. The van der Waals surface area contributed by atoms with Crippen LogP contribution in [0.25, 0.3) is 0 Å². The quantitative estimate of drug-likeness (QED) is 0.481. The third kappa shape index (κ3) is 3.95. The molecular weight excluding hydrogens is 230 g/mol. The van der Waals surface area contributed by atoms with Gasteiger partial charge in [-0.25, -0.2) is 4.79 Å². The molecule has 0 aliphatic heterocycles. The molecule has 1 N–H and O–H groups in total. The minimum atomic E-state index is -0.613. The smallest absolute Gasteiger partial charge is 0.328 e. The van der Waals surface area contributed by atoms with Gasteiger partial charge >= 0.3 is 5.97 Å². The van der Waals surface area contributed by atoms with Gasteiger partial charge in [0.25, 0.3) is 0 Å². The number of hydrogen-bond donors (Lipinski definition) is 1. The van der Waals surface area contributed by atoms with Crippen molar-refractivity contribution >= 4 is 5.97 Å². The second kappa shape index (κ2) is 7.74. The number of esters is 1. The van der Waals surface area contributed by atoms with Crippen molar-refractivity contribution in [1.82, 2.24) is 5.32 Å². The van der Waals surface area contributed by atoms with E-state index in [-0.39, 0.29) is 5.97 Å². The maximum atomic E-state index is 12.1. The lowest BCUT2D eigenvalue weighted by atomic mass is 9.94. The molecular formula is C14H27NO3. The Morgan fingerprint density at radius 2 is 2.06 bits per heavy atom. The monoisotopic (exact) mass is 257 g/mol. The summed E-state index contributed by atoms with van der Waals surface area (Å²) in [7, 11) is 1.46. The first-order valence-corrected chi connectivity index (χ1v) is 7.12. The summed E-state index contributed by atoms with van der Waals surface area (Å²) in [5.41, 5.74) is -0.613. The van der Waals surface area contributed by atoms with Crippen molar-refractivity contribution in [2.24, 2.45) is 5.92 Å². The number of carbonyl (C=O) groups is 1. The van der Waals surface area contributed by atoms with Crippen molar-refractivity contribution in [1.29, 1.82) is 0 Å². The number of hydrogen-bond acceptors (Lipinski definition) is 4. The van der Waals surface area contributed by atoms with Crippen LogP contribution in [-0.4, -0.2) is 38.4 Å². The predicted octanol–water partition coefficient (Wildman–Crippen LogP) is 2.12. The molecule has 0 radical (unpaired) electrons. The van der Waals surface area contributed by atoms with Crippen LogP contribution >= 0.6 is 0 Å². The summed E-state index contributed by atoms with van der Waals surface area (Å²) in [5, 5.41) is 3.37. The number of carbonyl (C=O) groups excluding carboxylic acids is 1. The Bertz CT molecular complexity index is 253. The summed E-state index contributed by atoms with van der Waals surface area (Å²) in [5.74, 6) is 0.202. The van der Waals surface area contributed by atoms with Crippen LogP contribution in [0.4, 0.5) is 0 Å². The van der Waals surface area contributed by atoms with Gasteiger partial charge < -0.3 is 9.47 Å². The Labute approximate surface area is 110 Å². The molecule has 1 atom stereocenters. The molecule has 0 amide bonds. The Kier molecular flexibility index (Phi) is 6.65. The summed E-state index contributed by atoms with van der Waals surface area (Å²) in [6.45, 7) is 6.20. The normalized spacial score (nSPS) is 18.4. The van der Waals surface area contributed by atoms with Crippen molar-refractivity contribution in [3.8, 4) is 0 Å². The van der Waals surface area contributed by atoms with Crippen LogP contribution < -0.4 is 5.32 Å². The second-order valence-electron chi connectivity index (χ2n) is 5.07. The first kappa shape index (κ1) is 15.4. The molecule has 18 heavy (non-hydrogen) atoms. The largest absolute Gasteiger partial charge is 0.468 e. The van der Waals surface area contributed by atoms with Crippen LogP contribution in [0.5, 0.6) is 0 Å². The highest BCUT2D eigenvalue weighted by atomic mass is 16.5. The van der Waals surface area contributed by atoms with Gasteiger partial charge in [-0.05, 0) is 38.1 Å². The Balaban J connectivity index is 2.60. The van der Waals surface area contributed by atoms with Crippen LogP contribution in [0.1, 0.15) is 46.0 Å². The fraction of sp³-hybridized carbons (Fsp3) is 0.929. The average molecular weight is 257 g/mol. The summed E-state index contributed by atoms with van der Waals surface area (Å²) in [6, 6.07) is 0. The fourth-order valence-corrected chi connectivity index (χ4v) is 2.20.